The maximum atomic E-state index is 12.4. The Kier molecular flexibility index (Phi) is 3.51. The molecule has 2 heterocycles. The van der Waals surface area contributed by atoms with Gasteiger partial charge in [-0.15, -0.1) is 11.3 Å². The number of hydrogen-bond donors (Lipinski definition) is 2. The molecule has 0 saturated carbocycles. The van der Waals surface area contributed by atoms with E-state index in [1.807, 2.05) is 17.5 Å². The maximum absolute atomic E-state index is 12.4. The van der Waals surface area contributed by atoms with Gasteiger partial charge in [0.25, 0.3) is 11.5 Å². The van der Waals surface area contributed by atoms with Crippen molar-refractivity contribution in [3.05, 3.63) is 63.5 Å². The molecule has 7 heteroatoms. The minimum atomic E-state index is -0.385. The van der Waals surface area contributed by atoms with Crippen LogP contribution in [-0.2, 0) is 6.54 Å². The van der Waals surface area contributed by atoms with Crippen molar-refractivity contribution in [3.8, 4) is 0 Å². The number of nitrogens with two attached hydrogens (primary N) is 1. The minimum Gasteiger partial charge on any atom is -0.293 e. The average molecular weight is 300 g/mol. The van der Waals surface area contributed by atoms with Gasteiger partial charge in [-0.25, -0.2) is 10.8 Å². The molecule has 0 spiro atoms. The lowest BCUT2D eigenvalue weighted by molar-refractivity contribution is 0.0952. The topological polar surface area (TPSA) is 90.0 Å². The number of hydrazine groups is 1. The third-order valence-electron chi connectivity index (χ3n) is 3.17. The summed E-state index contributed by atoms with van der Waals surface area (Å²) in [5.41, 5.74) is 3.84. The largest absolute Gasteiger partial charge is 0.293 e. The van der Waals surface area contributed by atoms with E-state index in [9.17, 15) is 9.59 Å². The Labute approximate surface area is 123 Å². The van der Waals surface area contributed by atoms with E-state index >= 15 is 0 Å². The van der Waals surface area contributed by atoms with Gasteiger partial charge in [-0.05, 0) is 23.1 Å². The molecule has 3 rings (SSSR count). The first-order valence-corrected chi connectivity index (χ1v) is 7.10. The third kappa shape index (κ3) is 2.44. The Bertz CT molecular complexity index is 869. The van der Waals surface area contributed by atoms with Crippen LogP contribution >= 0.6 is 11.3 Å². The van der Waals surface area contributed by atoms with Crippen LogP contribution in [0.25, 0.3) is 10.2 Å². The molecule has 0 unspecified atom stereocenters. The summed E-state index contributed by atoms with van der Waals surface area (Å²) in [6.45, 7) is 0.267. The molecule has 1 aromatic carbocycles. The van der Waals surface area contributed by atoms with Gasteiger partial charge in [-0.3, -0.25) is 19.6 Å². The van der Waals surface area contributed by atoms with Gasteiger partial charge >= 0.3 is 0 Å². The van der Waals surface area contributed by atoms with E-state index in [1.165, 1.54) is 22.2 Å². The lowest BCUT2D eigenvalue weighted by Crippen LogP contribution is -2.31. The SMILES string of the molecule is NNC(=O)c1ccccc1Cn1cnc2ccsc2c1=O. The zero-order chi connectivity index (χ0) is 14.8. The first kappa shape index (κ1) is 13.5. The van der Waals surface area contributed by atoms with E-state index < -0.39 is 0 Å². The second kappa shape index (κ2) is 5.47. The Morgan fingerprint density at radius 3 is 2.95 bits per heavy atom. The number of nitrogens with zero attached hydrogens (tertiary/aromatic N) is 2. The summed E-state index contributed by atoms with van der Waals surface area (Å²) in [5, 5.41) is 1.83. The van der Waals surface area contributed by atoms with Crippen molar-refractivity contribution in [1.29, 1.82) is 0 Å². The van der Waals surface area contributed by atoms with Gasteiger partial charge in [-0.1, -0.05) is 18.2 Å². The molecule has 6 nitrogen and oxygen atoms in total. The lowest BCUT2D eigenvalue weighted by atomic mass is 10.1. The van der Waals surface area contributed by atoms with Crippen LogP contribution in [0.1, 0.15) is 15.9 Å². The fraction of sp³-hybridized carbons (Fsp3) is 0.0714. The van der Waals surface area contributed by atoms with Gasteiger partial charge in [0.15, 0.2) is 0 Å². The van der Waals surface area contributed by atoms with Crippen molar-refractivity contribution >= 4 is 27.5 Å². The number of fused-ring (bicyclic) bond motifs is 1. The molecule has 0 atom stereocenters. The molecular weight excluding hydrogens is 288 g/mol. The molecule has 0 fully saturated rings. The molecule has 0 aliphatic carbocycles. The fourth-order valence-corrected chi connectivity index (χ4v) is 2.93. The van der Waals surface area contributed by atoms with Crippen molar-refractivity contribution in [1.82, 2.24) is 15.0 Å². The normalized spacial score (nSPS) is 10.7. The van der Waals surface area contributed by atoms with Gasteiger partial charge in [0.05, 0.1) is 18.4 Å². The van der Waals surface area contributed by atoms with Gasteiger partial charge < -0.3 is 0 Å². The second-order valence-corrected chi connectivity index (χ2v) is 5.36. The second-order valence-electron chi connectivity index (χ2n) is 4.44. The molecule has 2 aromatic heterocycles. The molecular formula is C14H12N4O2S. The van der Waals surface area contributed by atoms with E-state index in [1.54, 1.807) is 18.2 Å². The van der Waals surface area contributed by atoms with Crippen LogP contribution in [-0.4, -0.2) is 15.5 Å². The number of hydrogen-bond acceptors (Lipinski definition) is 5. The molecule has 3 aromatic rings. The van der Waals surface area contributed by atoms with Crippen molar-refractivity contribution < 1.29 is 4.79 Å². The van der Waals surface area contributed by atoms with Crippen LogP contribution in [0.5, 0.6) is 0 Å². The monoisotopic (exact) mass is 300 g/mol. The highest BCUT2D eigenvalue weighted by Crippen LogP contribution is 2.14. The summed E-state index contributed by atoms with van der Waals surface area (Å²) in [4.78, 5) is 28.3. The van der Waals surface area contributed by atoms with Crippen molar-refractivity contribution in [2.75, 3.05) is 0 Å². The summed E-state index contributed by atoms with van der Waals surface area (Å²) in [7, 11) is 0. The predicted octanol–water partition coefficient (Wildman–Crippen LogP) is 1.11. The van der Waals surface area contributed by atoms with Crippen LogP contribution in [0.3, 0.4) is 0 Å². The van der Waals surface area contributed by atoms with E-state index in [2.05, 4.69) is 10.4 Å². The molecule has 21 heavy (non-hydrogen) atoms. The van der Waals surface area contributed by atoms with Crippen molar-refractivity contribution in [2.45, 2.75) is 6.54 Å². The molecule has 0 bridgehead atoms. The lowest BCUT2D eigenvalue weighted by Gasteiger charge is -2.09. The summed E-state index contributed by atoms with van der Waals surface area (Å²) < 4.78 is 2.10. The Balaban J connectivity index is 2.05. The number of amides is 1. The number of thiophene rings is 1. The number of aromatic nitrogens is 2. The minimum absolute atomic E-state index is 0.113. The summed E-state index contributed by atoms with van der Waals surface area (Å²) >= 11 is 1.36. The highest BCUT2D eigenvalue weighted by atomic mass is 32.1. The number of rotatable bonds is 3. The molecule has 1 amide bonds. The van der Waals surface area contributed by atoms with E-state index in [0.29, 0.717) is 21.3 Å². The fourth-order valence-electron chi connectivity index (χ4n) is 2.13. The third-order valence-corrected chi connectivity index (χ3v) is 4.06. The van der Waals surface area contributed by atoms with Crippen LogP contribution in [0.2, 0.25) is 0 Å². The smallest absolute Gasteiger partial charge is 0.271 e. The number of nitrogens with one attached hydrogen (secondary N) is 1. The number of carbonyl (C=O) groups is 1. The Morgan fingerprint density at radius 1 is 1.33 bits per heavy atom. The van der Waals surface area contributed by atoms with Crippen molar-refractivity contribution in [2.24, 2.45) is 5.84 Å². The Morgan fingerprint density at radius 2 is 2.14 bits per heavy atom. The first-order valence-electron chi connectivity index (χ1n) is 6.22. The van der Waals surface area contributed by atoms with Crippen LogP contribution in [0.4, 0.5) is 0 Å². The highest BCUT2D eigenvalue weighted by molar-refractivity contribution is 7.17. The van der Waals surface area contributed by atoms with Gasteiger partial charge in [-0.2, -0.15) is 0 Å². The zero-order valence-electron chi connectivity index (χ0n) is 10.9. The van der Waals surface area contributed by atoms with E-state index in [-0.39, 0.29) is 18.0 Å². The zero-order valence-corrected chi connectivity index (χ0v) is 11.8. The molecule has 0 saturated heterocycles. The molecule has 106 valence electrons. The highest BCUT2D eigenvalue weighted by Gasteiger charge is 2.11. The molecule has 0 aliphatic rings. The summed E-state index contributed by atoms with van der Waals surface area (Å²) in [6, 6.07) is 8.82. The molecule has 3 N–H and O–H groups in total. The quantitative estimate of drug-likeness (QED) is 0.431. The number of carbonyl (C=O) groups excluding carboxylic acids is 1. The number of benzene rings is 1. The van der Waals surface area contributed by atoms with Gasteiger partial charge in [0.1, 0.15) is 4.70 Å². The average Bonchev–Trinajstić information content (AvgIpc) is 2.99. The van der Waals surface area contributed by atoms with Crippen LogP contribution in [0, 0.1) is 0 Å². The van der Waals surface area contributed by atoms with Crippen LogP contribution < -0.4 is 16.8 Å². The summed E-state index contributed by atoms with van der Waals surface area (Å²) in [5.74, 6) is 4.79. The Hall–Kier alpha value is -2.51. The predicted molar refractivity (Wildman–Crippen MR) is 81.1 cm³/mol. The van der Waals surface area contributed by atoms with Gasteiger partial charge in [0, 0.05) is 5.56 Å². The first-order chi connectivity index (χ1) is 10.2. The number of nitrogen functional groups attached to an aromatic ring is 1. The van der Waals surface area contributed by atoms with E-state index in [4.69, 9.17) is 5.84 Å². The van der Waals surface area contributed by atoms with Crippen LogP contribution in [0.15, 0.2) is 46.8 Å². The maximum Gasteiger partial charge on any atom is 0.271 e. The van der Waals surface area contributed by atoms with Gasteiger partial charge in [0.2, 0.25) is 0 Å². The van der Waals surface area contributed by atoms with Crippen molar-refractivity contribution in [3.63, 3.8) is 0 Å². The molecule has 0 radical (unpaired) electrons. The summed E-state index contributed by atoms with van der Waals surface area (Å²) in [6.07, 6.45) is 1.49. The standard InChI is InChI=1S/C14H12N4O2S/c15-17-13(19)10-4-2-1-3-9(10)7-18-8-16-11-5-6-21-12(11)14(18)20/h1-6,8H,7,15H2,(H,17,19). The van der Waals surface area contributed by atoms with E-state index in [0.717, 1.165) is 0 Å². The molecule has 0 aliphatic heterocycles.